The van der Waals surface area contributed by atoms with Crippen LogP contribution >= 0.6 is 0 Å². The largest absolute Gasteiger partial charge is 0.381 e. The third-order valence-electron chi connectivity index (χ3n) is 5.52. The highest BCUT2D eigenvalue weighted by molar-refractivity contribution is 5.03. The van der Waals surface area contributed by atoms with E-state index in [0.717, 1.165) is 31.1 Å². The molecule has 2 aliphatic carbocycles. The Kier molecular flexibility index (Phi) is 4.68. The molecular formula is C17H32N2O. The molecule has 1 saturated heterocycles. The van der Waals surface area contributed by atoms with Crippen molar-refractivity contribution < 1.29 is 4.74 Å². The predicted molar refractivity (Wildman–Crippen MR) is 82.9 cm³/mol. The highest BCUT2D eigenvalue weighted by Crippen LogP contribution is 2.41. The molecule has 0 bridgehead atoms. The summed E-state index contributed by atoms with van der Waals surface area (Å²) in [5.41, 5.74) is 0.376. The van der Waals surface area contributed by atoms with Gasteiger partial charge in [0.05, 0.1) is 0 Å². The molecule has 0 amide bonds. The van der Waals surface area contributed by atoms with Gasteiger partial charge in [-0.3, -0.25) is 4.90 Å². The molecule has 2 unspecified atom stereocenters. The van der Waals surface area contributed by atoms with Gasteiger partial charge < -0.3 is 10.1 Å². The van der Waals surface area contributed by atoms with Crippen LogP contribution in [-0.4, -0.2) is 49.3 Å². The van der Waals surface area contributed by atoms with Crippen molar-refractivity contribution in [2.45, 2.75) is 64.0 Å². The van der Waals surface area contributed by atoms with Gasteiger partial charge in [0, 0.05) is 44.4 Å². The minimum Gasteiger partial charge on any atom is -0.381 e. The summed E-state index contributed by atoms with van der Waals surface area (Å²) >= 11 is 0. The lowest BCUT2D eigenvalue weighted by Gasteiger charge is -2.46. The van der Waals surface area contributed by atoms with Crippen LogP contribution in [0, 0.1) is 11.8 Å². The highest BCUT2D eigenvalue weighted by atomic mass is 16.5. The molecule has 1 heterocycles. The van der Waals surface area contributed by atoms with Crippen molar-refractivity contribution >= 4 is 0 Å². The standard InChI is InChI=1S/C17H32N2O/c1-3-16-11-18-17(2,15-7-8-15)13-19(16)9-4-10-20-12-14-5-6-14/h14-16,18H,3-13H2,1-2H3. The van der Waals surface area contributed by atoms with Gasteiger partial charge in [0.1, 0.15) is 0 Å². The molecule has 2 atom stereocenters. The van der Waals surface area contributed by atoms with Crippen molar-refractivity contribution in [2.75, 3.05) is 32.8 Å². The zero-order valence-corrected chi connectivity index (χ0v) is 13.4. The molecule has 0 radical (unpaired) electrons. The van der Waals surface area contributed by atoms with Crippen molar-refractivity contribution in [3.63, 3.8) is 0 Å². The van der Waals surface area contributed by atoms with Crippen LogP contribution in [0.4, 0.5) is 0 Å². The van der Waals surface area contributed by atoms with Crippen molar-refractivity contribution in [2.24, 2.45) is 11.8 Å². The van der Waals surface area contributed by atoms with E-state index >= 15 is 0 Å². The lowest BCUT2D eigenvalue weighted by atomic mass is 9.90. The first-order chi connectivity index (χ1) is 9.71. The number of hydrogen-bond donors (Lipinski definition) is 1. The Morgan fingerprint density at radius 3 is 2.70 bits per heavy atom. The van der Waals surface area contributed by atoms with Gasteiger partial charge in [-0.25, -0.2) is 0 Å². The molecular weight excluding hydrogens is 248 g/mol. The number of nitrogens with zero attached hydrogens (tertiary/aromatic N) is 1. The van der Waals surface area contributed by atoms with Crippen molar-refractivity contribution in [3.05, 3.63) is 0 Å². The molecule has 1 N–H and O–H groups in total. The van der Waals surface area contributed by atoms with Crippen LogP contribution in [0.15, 0.2) is 0 Å². The van der Waals surface area contributed by atoms with Gasteiger partial charge in [-0.15, -0.1) is 0 Å². The molecule has 20 heavy (non-hydrogen) atoms. The molecule has 3 heteroatoms. The summed E-state index contributed by atoms with van der Waals surface area (Å²) in [6.45, 7) is 10.4. The lowest BCUT2D eigenvalue weighted by Crippen LogP contribution is -2.63. The first-order valence-electron chi connectivity index (χ1n) is 8.78. The van der Waals surface area contributed by atoms with Crippen molar-refractivity contribution in [3.8, 4) is 0 Å². The van der Waals surface area contributed by atoms with E-state index in [2.05, 4.69) is 24.1 Å². The fourth-order valence-corrected chi connectivity index (χ4v) is 3.65. The van der Waals surface area contributed by atoms with Crippen LogP contribution in [0.3, 0.4) is 0 Å². The molecule has 3 fully saturated rings. The molecule has 3 nitrogen and oxygen atoms in total. The van der Waals surface area contributed by atoms with Crippen LogP contribution in [0.2, 0.25) is 0 Å². The molecule has 0 aromatic carbocycles. The van der Waals surface area contributed by atoms with Gasteiger partial charge >= 0.3 is 0 Å². The highest BCUT2D eigenvalue weighted by Gasteiger charge is 2.45. The van der Waals surface area contributed by atoms with Crippen LogP contribution in [0.1, 0.15) is 52.4 Å². The van der Waals surface area contributed by atoms with Crippen LogP contribution in [0.5, 0.6) is 0 Å². The summed E-state index contributed by atoms with van der Waals surface area (Å²) in [6, 6.07) is 0.727. The zero-order valence-electron chi connectivity index (χ0n) is 13.4. The summed E-state index contributed by atoms with van der Waals surface area (Å²) in [7, 11) is 0. The Hall–Kier alpha value is -0.120. The molecule has 116 valence electrons. The quantitative estimate of drug-likeness (QED) is 0.692. The smallest absolute Gasteiger partial charge is 0.0494 e. The molecule has 2 saturated carbocycles. The zero-order chi connectivity index (χ0) is 14.0. The van der Waals surface area contributed by atoms with Gasteiger partial charge in [-0.2, -0.15) is 0 Å². The Labute approximate surface area is 124 Å². The number of rotatable bonds is 8. The fraction of sp³-hybridized carbons (Fsp3) is 1.00. The van der Waals surface area contributed by atoms with E-state index in [9.17, 15) is 0 Å². The molecule has 1 aliphatic heterocycles. The lowest BCUT2D eigenvalue weighted by molar-refractivity contribution is 0.0565. The molecule has 0 aromatic rings. The summed E-state index contributed by atoms with van der Waals surface area (Å²) in [6.07, 6.45) is 8.11. The fourth-order valence-electron chi connectivity index (χ4n) is 3.65. The maximum Gasteiger partial charge on any atom is 0.0494 e. The van der Waals surface area contributed by atoms with Crippen LogP contribution in [-0.2, 0) is 4.74 Å². The van der Waals surface area contributed by atoms with E-state index in [1.54, 1.807) is 0 Å². The minimum atomic E-state index is 0.376. The summed E-state index contributed by atoms with van der Waals surface area (Å²) in [5.74, 6) is 1.82. The maximum absolute atomic E-state index is 5.79. The van der Waals surface area contributed by atoms with E-state index in [1.807, 2.05) is 0 Å². The van der Waals surface area contributed by atoms with E-state index in [1.165, 1.54) is 58.2 Å². The Balaban J connectivity index is 1.41. The van der Waals surface area contributed by atoms with Crippen molar-refractivity contribution in [1.29, 1.82) is 0 Å². The van der Waals surface area contributed by atoms with E-state index in [-0.39, 0.29) is 0 Å². The Bertz CT molecular complexity index is 314. The van der Waals surface area contributed by atoms with Gasteiger partial charge in [-0.05, 0) is 57.3 Å². The third kappa shape index (κ3) is 3.75. The third-order valence-corrected chi connectivity index (χ3v) is 5.52. The number of ether oxygens (including phenoxy) is 1. The van der Waals surface area contributed by atoms with Crippen molar-refractivity contribution in [1.82, 2.24) is 10.2 Å². The van der Waals surface area contributed by atoms with Crippen LogP contribution in [0.25, 0.3) is 0 Å². The Morgan fingerprint density at radius 1 is 1.25 bits per heavy atom. The number of nitrogens with one attached hydrogen (secondary N) is 1. The van der Waals surface area contributed by atoms with Gasteiger partial charge in [0.2, 0.25) is 0 Å². The van der Waals surface area contributed by atoms with Gasteiger partial charge in [0.15, 0.2) is 0 Å². The second-order valence-electron chi connectivity index (χ2n) is 7.48. The Morgan fingerprint density at radius 2 is 2.05 bits per heavy atom. The second kappa shape index (κ2) is 6.33. The van der Waals surface area contributed by atoms with Gasteiger partial charge in [0.25, 0.3) is 0 Å². The second-order valence-corrected chi connectivity index (χ2v) is 7.48. The summed E-state index contributed by atoms with van der Waals surface area (Å²) < 4.78 is 5.79. The first-order valence-corrected chi connectivity index (χ1v) is 8.78. The molecule has 0 aromatic heterocycles. The molecule has 3 rings (SSSR count). The summed E-state index contributed by atoms with van der Waals surface area (Å²) in [4.78, 5) is 2.73. The minimum absolute atomic E-state index is 0.376. The molecule has 0 spiro atoms. The van der Waals surface area contributed by atoms with E-state index in [0.29, 0.717) is 5.54 Å². The van der Waals surface area contributed by atoms with Gasteiger partial charge in [-0.1, -0.05) is 6.92 Å². The first kappa shape index (κ1) is 14.8. The average molecular weight is 280 g/mol. The van der Waals surface area contributed by atoms with Crippen LogP contribution < -0.4 is 5.32 Å². The molecule has 3 aliphatic rings. The normalized spacial score (nSPS) is 35.4. The SMILES string of the molecule is CCC1CNC(C)(C2CC2)CN1CCCOCC1CC1. The maximum atomic E-state index is 5.79. The monoisotopic (exact) mass is 280 g/mol. The number of hydrogen-bond acceptors (Lipinski definition) is 3. The predicted octanol–water partition coefficient (Wildman–Crippen LogP) is 2.66. The summed E-state index contributed by atoms with van der Waals surface area (Å²) in [5, 5.41) is 3.84. The number of piperazine rings is 1. The average Bonchev–Trinajstić information content (AvgIpc) is 3.29. The van der Waals surface area contributed by atoms with E-state index < -0.39 is 0 Å². The van der Waals surface area contributed by atoms with E-state index in [4.69, 9.17) is 4.74 Å². The topological polar surface area (TPSA) is 24.5 Å².